The molecule has 0 aliphatic carbocycles. The Morgan fingerprint density at radius 1 is 1.47 bits per heavy atom. The van der Waals surface area contributed by atoms with Gasteiger partial charge >= 0.3 is 0 Å². The van der Waals surface area contributed by atoms with E-state index in [1.54, 1.807) is 11.3 Å². The lowest BCUT2D eigenvalue weighted by atomic mass is 9.84. The normalized spacial score (nSPS) is 15.1. The van der Waals surface area contributed by atoms with Gasteiger partial charge in [0, 0.05) is 31.1 Å². The summed E-state index contributed by atoms with van der Waals surface area (Å²) < 4.78 is 0. The maximum absolute atomic E-state index is 4.37. The fourth-order valence-electron chi connectivity index (χ4n) is 2.58. The monoisotopic (exact) mass is 283 g/mol. The summed E-state index contributed by atoms with van der Waals surface area (Å²) in [6, 6.07) is 0.556. The lowest BCUT2D eigenvalue weighted by molar-refractivity contribution is 0.164. The maximum Gasteiger partial charge on any atom is 0.0795 e. The Hall–Kier alpha value is -0.450. The average molecular weight is 283 g/mol. The first-order valence-corrected chi connectivity index (χ1v) is 8.18. The third-order valence-electron chi connectivity index (χ3n) is 3.36. The van der Waals surface area contributed by atoms with Crippen LogP contribution in [0.25, 0.3) is 0 Å². The molecule has 1 rings (SSSR count). The number of hydrogen-bond donors (Lipinski definition) is 1. The van der Waals surface area contributed by atoms with E-state index in [0.717, 1.165) is 19.6 Å². The second-order valence-electron chi connectivity index (χ2n) is 6.25. The van der Waals surface area contributed by atoms with E-state index in [0.29, 0.717) is 11.5 Å². The van der Waals surface area contributed by atoms with Gasteiger partial charge in [-0.1, -0.05) is 34.1 Å². The van der Waals surface area contributed by atoms with Gasteiger partial charge in [-0.3, -0.25) is 4.90 Å². The second-order valence-corrected chi connectivity index (χ2v) is 6.97. The summed E-state index contributed by atoms with van der Waals surface area (Å²) in [4.78, 5) is 6.76. The molecule has 0 bridgehead atoms. The molecule has 1 aromatic heterocycles. The predicted octanol–water partition coefficient (Wildman–Crippen LogP) is 3.38. The van der Waals surface area contributed by atoms with Gasteiger partial charge in [-0.05, 0) is 18.9 Å². The summed E-state index contributed by atoms with van der Waals surface area (Å²) in [6.45, 7) is 12.2. The fourth-order valence-corrected chi connectivity index (χ4v) is 3.13. The molecule has 110 valence electrons. The molecule has 0 aromatic carbocycles. The fraction of sp³-hybridized carbons (Fsp3) is 0.800. The van der Waals surface area contributed by atoms with Crippen LogP contribution < -0.4 is 5.32 Å². The van der Waals surface area contributed by atoms with Crippen LogP contribution in [0.15, 0.2) is 10.9 Å². The van der Waals surface area contributed by atoms with Crippen LogP contribution in [0.5, 0.6) is 0 Å². The molecule has 19 heavy (non-hydrogen) atoms. The van der Waals surface area contributed by atoms with E-state index in [4.69, 9.17) is 0 Å². The van der Waals surface area contributed by atoms with Gasteiger partial charge in [0.1, 0.15) is 0 Å². The molecule has 1 atom stereocenters. The van der Waals surface area contributed by atoms with Gasteiger partial charge in [-0.2, -0.15) is 0 Å². The van der Waals surface area contributed by atoms with E-state index < -0.39 is 0 Å². The quantitative estimate of drug-likeness (QED) is 0.753. The molecular weight excluding hydrogens is 254 g/mol. The largest absolute Gasteiger partial charge is 0.314 e. The molecule has 0 fully saturated rings. The molecule has 4 heteroatoms. The van der Waals surface area contributed by atoms with E-state index in [1.807, 2.05) is 5.51 Å². The van der Waals surface area contributed by atoms with E-state index >= 15 is 0 Å². The molecular formula is C15H29N3S. The zero-order chi connectivity index (χ0) is 14.3. The van der Waals surface area contributed by atoms with Crippen molar-refractivity contribution in [3.05, 3.63) is 16.6 Å². The minimum Gasteiger partial charge on any atom is -0.314 e. The summed E-state index contributed by atoms with van der Waals surface area (Å²) in [5.74, 6) is 0. The minimum absolute atomic E-state index is 0.337. The van der Waals surface area contributed by atoms with Crippen molar-refractivity contribution >= 4 is 11.3 Å². The Balaban J connectivity index is 2.50. The zero-order valence-corrected chi connectivity index (χ0v) is 13.9. The number of thiazole rings is 1. The first-order valence-electron chi connectivity index (χ1n) is 7.24. The van der Waals surface area contributed by atoms with Gasteiger partial charge in [0.15, 0.2) is 0 Å². The topological polar surface area (TPSA) is 28.2 Å². The van der Waals surface area contributed by atoms with Gasteiger partial charge in [0.2, 0.25) is 0 Å². The number of nitrogens with one attached hydrogen (secondary N) is 1. The Bertz CT molecular complexity index is 337. The molecule has 0 saturated carbocycles. The summed E-state index contributed by atoms with van der Waals surface area (Å²) >= 11 is 1.67. The molecule has 3 nitrogen and oxygen atoms in total. The first-order chi connectivity index (χ1) is 8.95. The summed E-state index contributed by atoms with van der Waals surface area (Å²) in [6.07, 6.45) is 2.49. The van der Waals surface area contributed by atoms with Crippen LogP contribution in [0.1, 0.15) is 46.2 Å². The van der Waals surface area contributed by atoms with Crippen LogP contribution in [-0.2, 0) is 6.54 Å². The third-order valence-corrected chi connectivity index (χ3v) is 3.99. The molecule has 0 aliphatic heterocycles. The highest BCUT2D eigenvalue weighted by Crippen LogP contribution is 2.24. The molecule has 0 saturated heterocycles. The van der Waals surface area contributed by atoms with Crippen LogP contribution >= 0.6 is 11.3 Å². The molecule has 1 heterocycles. The van der Waals surface area contributed by atoms with Crippen molar-refractivity contribution in [1.29, 1.82) is 0 Å². The molecule has 1 aromatic rings. The van der Waals surface area contributed by atoms with Crippen LogP contribution in [-0.4, -0.2) is 36.1 Å². The SMILES string of the molecule is CCCC(C)(CNC(C)C)CN(C)Cc1cscn1. The number of aromatic nitrogens is 1. The highest BCUT2D eigenvalue weighted by Gasteiger charge is 2.25. The first kappa shape index (κ1) is 16.6. The second kappa shape index (κ2) is 7.98. The van der Waals surface area contributed by atoms with Crippen molar-refractivity contribution in [2.24, 2.45) is 5.41 Å². The third kappa shape index (κ3) is 6.50. The molecule has 1 unspecified atom stereocenters. The highest BCUT2D eigenvalue weighted by molar-refractivity contribution is 7.07. The van der Waals surface area contributed by atoms with Crippen molar-refractivity contribution in [1.82, 2.24) is 15.2 Å². The molecule has 0 aliphatic rings. The van der Waals surface area contributed by atoms with Crippen LogP contribution in [0.4, 0.5) is 0 Å². The van der Waals surface area contributed by atoms with Crippen LogP contribution in [0.2, 0.25) is 0 Å². The molecule has 0 amide bonds. The Kier molecular flexibility index (Phi) is 6.97. The molecule has 0 radical (unpaired) electrons. The lowest BCUT2D eigenvalue weighted by Crippen LogP contribution is -2.42. The number of nitrogens with zero attached hydrogens (tertiary/aromatic N) is 2. The summed E-state index contributed by atoms with van der Waals surface area (Å²) in [5.41, 5.74) is 3.43. The van der Waals surface area contributed by atoms with Crippen molar-refractivity contribution in [3.63, 3.8) is 0 Å². The summed E-state index contributed by atoms with van der Waals surface area (Å²) in [7, 11) is 2.20. The van der Waals surface area contributed by atoms with Gasteiger partial charge in [0.25, 0.3) is 0 Å². The van der Waals surface area contributed by atoms with Crippen LogP contribution in [0.3, 0.4) is 0 Å². The standard InChI is InChI=1S/C15H29N3S/c1-6-7-15(4,10-16-13(2)3)11-18(5)8-14-9-19-12-17-14/h9,12-13,16H,6-8,10-11H2,1-5H3. The Morgan fingerprint density at radius 2 is 2.21 bits per heavy atom. The number of hydrogen-bond acceptors (Lipinski definition) is 4. The van der Waals surface area contributed by atoms with E-state index in [2.05, 4.69) is 55.3 Å². The Labute approximate surface area is 122 Å². The highest BCUT2D eigenvalue weighted by atomic mass is 32.1. The van der Waals surface area contributed by atoms with E-state index in [1.165, 1.54) is 18.5 Å². The van der Waals surface area contributed by atoms with Crippen molar-refractivity contribution in [3.8, 4) is 0 Å². The smallest absolute Gasteiger partial charge is 0.0795 e. The van der Waals surface area contributed by atoms with E-state index in [9.17, 15) is 0 Å². The van der Waals surface area contributed by atoms with Crippen molar-refractivity contribution in [2.45, 2.75) is 53.1 Å². The van der Waals surface area contributed by atoms with Gasteiger partial charge < -0.3 is 5.32 Å². The molecule has 1 N–H and O–H groups in total. The lowest BCUT2D eigenvalue weighted by Gasteiger charge is -2.34. The van der Waals surface area contributed by atoms with Gasteiger partial charge in [0.05, 0.1) is 11.2 Å². The maximum atomic E-state index is 4.37. The van der Waals surface area contributed by atoms with Crippen molar-refractivity contribution in [2.75, 3.05) is 20.1 Å². The minimum atomic E-state index is 0.337. The van der Waals surface area contributed by atoms with Crippen molar-refractivity contribution < 1.29 is 0 Å². The predicted molar refractivity (Wildman–Crippen MR) is 84.6 cm³/mol. The Morgan fingerprint density at radius 3 is 2.74 bits per heavy atom. The zero-order valence-electron chi connectivity index (χ0n) is 13.1. The van der Waals surface area contributed by atoms with Crippen LogP contribution in [0, 0.1) is 5.41 Å². The summed E-state index contributed by atoms with van der Waals surface area (Å²) in [5, 5.41) is 5.73. The average Bonchev–Trinajstić information content (AvgIpc) is 2.79. The molecule has 0 spiro atoms. The van der Waals surface area contributed by atoms with Gasteiger partial charge in [-0.25, -0.2) is 4.98 Å². The van der Waals surface area contributed by atoms with E-state index in [-0.39, 0.29) is 0 Å². The number of rotatable bonds is 9. The van der Waals surface area contributed by atoms with Gasteiger partial charge in [-0.15, -0.1) is 11.3 Å².